The predicted octanol–water partition coefficient (Wildman–Crippen LogP) is 0.161. The Kier molecular flexibility index (Phi) is 7.67. The molecule has 31 heavy (non-hydrogen) atoms. The van der Waals surface area contributed by atoms with Gasteiger partial charge in [-0.25, -0.2) is 0 Å². The smallest absolute Gasteiger partial charge is 0.254 e. The van der Waals surface area contributed by atoms with Crippen molar-refractivity contribution >= 4 is 17.7 Å². The minimum Gasteiger partial charge on any atom is -0.508 e. The second kappa shape index (κ2) is 9.65. The van der Waals surface area contributed by atoms with E-state index in [0.29, 0.717) is 12.1 Å². The van der Waals surface area contributed by atoms with E-state index < -0.39 is 41.4 Å². The molecule has 1 aliphatic rings. The summed E-state index contributed by atoms with van der Waals surface area (Å²) < 4.78 is 0. The van der Waals surface area contributed by atoms with Gasteiger partial charge in [0.1, 0.15) is 17.9 Å². The monoisotopic (exact) mass is 435 g/mol. The van der Waals surface area contributed by atoms with Crippen LogP contribution in [0.25, 0.3) is 0 Å². The zero-order chi connectivity index (χ0) is 23.5. The number of phenols is 1. The summed E-state index contributed by atoms with van der Waals surface area (Å²) in [7, 11) is 0. The molecule has 3 amide bonds. The van der Waals surface area contributed by atoms with Crippen LogP contribution in [-0.4, -0.2) is 75.8 Å². The van der Waals surface area contributed by atoms with Crippen LogP contribution in [-0.2, 0) is 9.59 Å². The van der Waals surface area contributed by atoms with Gasteiger partial charge in [0.15, 0.2) is 0 Å². The Balaban J connectivity index is 2.09. The van der Waals surface area contributed by atoms with Crippen molar-refractivity contribution in [3.8, 4) is 5.75 Å². The molecule has 1 saturated heterocycles. The van der Waals surface area contributed by atoms with E-state index in [9.17, 15) is 29.7 Å². The van der Waals surface area contributed by atoms with E-state index in [4.69, 9.17) is 0 Å². The molecule has 1 aliphatic heterocycles. The first kappa shape index (κ1) is 24.6. The molecule has 1 aromatic rings. The normalized spacial score (nSPS) is 21.1. The van der Waals surface area contributed by atoms with E-state index in [1.165, 1.54) is 23.1 Å². The fourth-order valence-electron chi connectivity index (χ4n) is 3.64. The van der Waals surface area contributed by atoms with Gasteiger partial charge >= 0.3 is 0 Å². The molecule has 0 unspecified atom stereocenters. The van der Waals surface area contributed by atoms with E-state index in [1.54, 1.807) is 20.8 Å². The number of carbonyl (C=O) groups excluding carboxylic acids is 3. The number of hydrogen-bond acceptors (Lipinski definition) is 6. The van der Waals surface area contributed by atoms with Crippen LogP contribution in [0.2, 0.25) is 0 Å². The summed E-state index contributed by atoms with van der Waals surface area (Å²) in [5, 5.41) is 35.8. The highest BCUT2D eigenvalue weighted by atomic mass is 16.3. The molecule has 9 nitrogen and oxygen atoms in total. The number of phenolic OH excluding ortho intramolecular Hbond substituents is 1. The molecule has 5 N–H and O–H groups in total. The number of β-amino-alcohol motifs (C(OH)–C–C–N with tert-alkyl or cyclic N) is 1. The molecule has 1 fully saturated rings. The van der Waals surface area contributed by atoms with Crippen LogP contribution >= 0.6 is 0 Å². The van der Waals surface area contributed by atoms with Gasteiger partial charge < -0.3 is 30.9 Å². The molecule has 0 saturated carbocycles. The number of rotatable bonds is 7. The number of aromatic hydroxyl groups is 1. The van der Waals surface area contributed by atoms with Crippen LogP contribution < -0.4 is 10.6 Å². The first-order chi connectivity index (χ1) is 14.4. The molecule has 1 aromatic carbocycles. The maximum absolute atomic E-state index is 12.9. The molecule has 0 spiro atoms. The zero-order valence-corrected chi connectivity index (χ0v) is 18.7. The third-order valence-corrected chi connectivity index (χ3v) is 5.75. The Morgan fingerprint density at radius 2 is 1.84 bits per heavy atom. The van der Waals surface area contributed by atoms with Crippen LogP contribution in [0.5, 0.6) is 5.75 Å². The van der Waals surface area contributed by atoms with Gasteiger partial charge in [-0.2, -0.15) is 0 Å². The van der Waals surface area contributed by atoms with Gasteiger partial charge in [0.05, 0.1) is 12.6 Å². The van der Waals surface area contributed by atoms with Crippen molar-refractivity contribution < 1.29 is 29.7 Å². The highest BCUT2D eigenvalue weighted by molar-refractivity contribution is 5.97. The van der Waals surface area contributed by atoms with E-state index in [1.807, 2.05) is 13.8 Å². The van der Waals surface area contributed by atoms with Gasteiger partial charge in [0.2, 0.25) is 5.91 Å². The fraction of sp³-hybridized carbons (Fsp3) is 0.591. The molecule has 0 bridgehead atoms. The average Bonchev–Trinajstić information content (AvgIpc) is 2.94. The molecule has 3 atom stereocenters. The lowest BCUT2D eigenvalue weighted by Crippen LogP contribution is -2.55. The minimum atomic E-state index is -1.59. The summed E-state index contributed by atoms with van der Waals surface area (Å²) in [6, 6.07) is 3.54. The van der Waals surface area contributed by atoms with Crippen LogP contribution in [0.4, 0.5) is 0 Å². The van der Waals surface area contributed by atoms with Gasteiger partial charge in [-0.15, -0.1) is 0 Å². The van der Waals surface area contributed by atoms with Gasteiger partial charge in [-0.3, -0.25) is 14.4 Å². The molecule has 2 rings (SSSR count). The molecule has 0 aliphatic carbocycles. The van der Waals surface area contributed by atoms with Gasteiger partial charge in [-0.1, -0.05) is 33.8 Å². The topological polar surface area (TPSA) is 139 Å². The number of aliphatic hydroxyl groups is 2. The number of benzene rings is 1. The predicted molar refractivity (Wildman–Crippen MR) is 114 cm³/mol. The first-order valence-corrected chi connectivity index (χ1v) is 10.4. The highest BCUT2D eigenvalue weighted by Gasteiger charge is 2.53. The minimum absolute atomic E-state index is 0.0344. The molecule has 1 heterocycles. The van der Waals surface area contributed by atoms with E-state index >= 15 is 0 Å². The maximum Gasteiger partial charge on any atom is 0.254 e. The summed E-state index contributed by atoms with van der Waals surface area (Å²) in [5.74, 6) is -1.51. The summed E-state index contributed by atoms with van der Waals surface area (Å²) in [5.41, 5.74) is -0.298. The van der Waals surface area contributed by atoms with Crippen molar-refractivity contribution in [2.24, 2.45) is 11.3 Å². The number of nitrogens with one attached hydrogen (secondary N) is 2. The van der Waals surface area contributed by atoms with Crippen LogP contribution in [0.1, 0.15) is 43.6 Å². The van der Waals surface area contributed by atoms with Gasteiger partial charge in [0.25, 0.3) is 11.8 Å². The van der Waals surface area contributed by atoms with Gasteiger partial charge in [0, 0.05) is 29.6 Å². The molecule has 0 aromatic heterocycles. The van der Waals surface area contributed by atoms with Crippen LogP contribution in [0, 0.1) is 18.3 Å². The Morgan fingerprint density at radius 3 is 2.45 bits per heavy atom. The second-order valence-corrected chi connectivity index (χ2v) is 9.04. The molecule has 172 valence electrons. The van der Waals surface area contributed by atoms with Crippen LogP contribution in [0.15, 0.2) is 18.2 Å². The number of likely N-dealkylation sites (tertiary alicyclic amines) is 1. The second-order valence-electron chi connectivity index (χ2n) is 9.04. The largest absolute Gasteiger partial charge is 0.508 e. The Bertz CT molecular complexity index is 839. The van der Waals surface area contributed by atoms with Gasteiger partial charge in [-0.05, 0) is 25.0 Å². The Labute approximate surface area is 182 Å². The SMILES string of the molecule is Cc1c(O)cccc1C(=O)NC[C@H](O)C(=O)N1C[C@@H](O)C(C)(C)[C@H]1C(=O)NCC(C)C. The zero-order valence-electron chi connectivity index (χ0n) is 18.7. The van der Waals surface area contributed by atoms with E-state index in [2.05, 4.69) is 10.6 Å². The van der Waals surface area contributed by atoms with Crippen molar-refractivity contribution in [3.63, 3.8) is 0 Å². The Morgan fingerprint density at radius 1 is 1.19 bits per heavy atom. The number of nitrogens with zero attached hydrogens (tertiary/aromatic N) is 1. The van der Waals surface area contributed by atoms with Crippen LogP contribution in [0.3, 0.4) is 0 Å². The average molecular weight is 436 g/mol. The third kappa shape index (κ3) is 5.34. The number of amides is 3. The summed E-state index contributed by atoms with van der Waals surface area (Å²) in [6.45, 7) is 8.82. The third-order valence-electron chi connectivity index (χ3n) is 5.75. The fourth-order valence-corrected chi connectivity index (χ4v) is 3.64. The highest BCUT2D eigenvalue weighted by Crippen LogP contribution is 2.37. The summed E-state index contributed by atoms with van der Waals surface area (Å²) in [4.78, 5) is 39.2. The molecular formula is C22H33N3O6. The number of aliphatic hydroxyl groups excluding tert-OH is 2. The van der Waals surface area contributed by atoms with Crippen molar-refractivity contribution in [3.05, 3.63) is 29.3 Å². The van der Waals surface area contributed by atoms with Crippen molar-refractivity contribution in [2.45, 2.75) is 52.9 Å². The summed E-state index contributed by atoms with van der Waals surface area (Å²) in [6.07, 6.45) is -2.54. The number of carbonyl (C=O) groups is 3. The maximum atomic E-state index is 12.9. The first-order valence-electron chi connectivity index (χ1n) is 10.4. The van der Waals surface area contributed by atoms with Crippen molar-refractivity contribution in [1.82, 2.24) is 15.5 Å². The quantitative estimate of drug-likeness (QED) is 0.414. The van der Waals surface area contributed by atoms with Crippen molar-refractivity contribution in [1.29, 1.82) is 0 Å². The molecule has 0 radical (unpaired) electrons. The molecule has 9 heteroatoms. The lowest BCUT2D eigenvalue weighted by molar-refractivity contribution is -0.146. The molecular weight excluding hydrogens is 402 g/mol. The summed E-state index contributed by atoms with van der Waals surface area (Å²) >= 11 is 0. The lowest BCUT2D eigenvalue weighted by atomic mass is 9.82. The standard InChI is InChI=1S/C22H33N3O6/c1-12(2)9-23-20(30)18-22(4,5)17(28)11-25(18)21(31)16(27)10-24-19(29)14-7-6-8-15(26)13(14)3/h6-8,12,16-18,26-28H,9-11H2,1-5H3,(H,23,30)(H,24,29)/t16-,17+,18+/m0/s1. The van der Waals surface area contributed by atoms with E-state index in [0.717, 1.165) is 0 Å². The van der Waals surface area contributed by atoms with Crippen molar-refractivity contribution in [2.75, 3.05) is 19.6 Å². The number of hydrogen-bond donors (Lipinski definition) is 5. The lowest BCUT2D eigenvalue weighted by Gasteiger charge is -2.33. The van der Waals surface area contributed by atoms with E-state index in [-0.39, 0.29) is 30.3 Å². The Hall–Kier alpha value is -2.65.